The Morgan fingerprint density at radius 2 is 2.00 bits per heavy atom. The highest BCUT2D eigenvalue weighted by molar-refractivity contribution is 7.99. The number of thioether (sulfide) groups is 1. The molecule has 1 aromatic heterocycles. The van der Waals surface area contributed by atoms with Crippen molar-refractivity contribution in [3.63, 3.8) is 0 Å². The lowest BCUT2D eigenvalue weighted by molar-refractivity contribution is -0.122. The minimum atomic E-state index is -0.881. The average molecular weight is 482 g/mol. The molecule has 3 amide bonds. The van der Waals surface area contributed by atoms with E-state index in [0.717, 1.165) is 5.56 Å². The third-order valence-electron chi connectivity index (χ3n) is 5.69. The van der Waals surface area contributed by atoms with Gasteiger partial charge in [-0.3, -0.25) is 14.4 Å². The first-order valence-corrected chi connectivity index (χ1v) is 11.6. The molecule has 10 nitrogen and oxygen atoms in total. The van der Waals surface area contributed by atoms with Gasteiger partial charge in [-0.15, -0.1) is 22.0 Å². The van der Waals surface area contributed by atoms with Crippen molar-refractivity contribution >= 4 is 40.9 Å². The number of hydrogen-bond acceptors (Lipinski definition) is 7. The van der Waals surface area contributed by atoms with E-state index in [2.05, 4.69) is 20.7 Å². The molecule has 2 aliphatic rings. The quantitative estimate of drug-likeness (QED) is 0.549. The van der Waals surface area contributed by atoms with Crippen LogP contribution in [0.5, 0.6) is 0 Å². The number of halogens is 1. The standard InChI is InChI=1S/C22H20FN7O3S/c1-28-17-9-14(23)16(29-8-7-19(29)31)10-18(17)34-12-15(22(28)33)24-21(32)20-25-27-30(26-20)11-13-5-3-2-4-6-13/h2-6,9-10,15H,7-8,11-12H2,1H3,(H,24,32)/t15-/m0/s1. The molecule has 0 bridgehead atoms. The number of β-lactam (4-membered cyclic amide) rings is 1. The van der Waals surface area contributed by atoms with Crippen LogP contribution < -0.4 is 15.1 Å². The highest BCUT2D eigenvalue weighted by Crippen LogP contribution is 2.39. The SMILES string of the molecule is CN1C(=O)[C@@H](NC(=O)c2nnn(Cc3ccccc3)n2)CSc2cc(N3CCC3=O)c(F)cc21. The second kappa shape index (κ2) is 8.86. The van der Waals surface area contributed by atoms with Crippen LogP contribution in [0.3, 0.4) is 0 Å². The van der Waals surface area contributed by atoms with Crippen molar-refractivity contribution in [3.8, 4) is 0 Å². The molecule has 0 spiro atoms. The number of nitrogens with zero attached hydrogens (tertiary/aromatic N) is 6. The number of anilines is 2. The summed E-state index contributed by atoms with van der Waals surface area (Å²) in [7, 11) is 1.52. The number of benzene rings is 2. The lowest BCUT2D eigenvalue weighted by Gasteiger charge is -2.31. The maximum Gasteiger partial charge on any atom is 0.293 e. The van der Waals surface area contributed by atoms with E-state index in [1.165, 1.54) is 39.5 Å². The molecular formula is C22H20FN7O3S. The van der Waals surface area contributed by atoms with Gasteiger partial charge in [0.1, 0.15) is 11.9 Å². The van der Waals surface area contributed by atoms with E-state index in [-0.39, 0.29) is 23.2 Å². The minimum Gasteiger partial charge on any atom is -0.337 e. The highest BCUT2D eigenvalue weighted by atomic mass is 32.2. The van der Waals surface area contributed by atoms with Crippen LogP contribution in [0.2, 0.25) is 0 Å². The highest BCUT2D eigenvalue weighted by Gasteiger charge is 2.34. The van der Waals surface area contributed by atoms with Crippen molar-refractivity contribution in [2.45, 2.75) is 23.9 Å². The summed E-state index contributed by atoms with van der Waals surface area (Å²) in [6.07, 6.45) is 0.389. The van der Waals surface area contributed by atoms with Crippen LogP contribution in [0, 0.1) is 5.82 Å². The van der Waals surface area contributed by atoms with Gasteiger partial charge < -0.3 is 15.1 Å². The number of fused-ring (bicyclic) bond motifs is 1. The van der Waals surface area contributed by atoms with Crippen molar-refractivity contribution in [2.24, 2.45) is 0 Å². The van der Waals surface area contributed by atoms with Gasteiger partial charge in [0.25, 0.3) is 11.7 Å². The molecule has 0 aliphatic carbocycles. The predicted octanol–water partition coefficient (Wildman–Crippen LogP) is 1.46. The van der Waals surface area contributed by atoms with Gasteiger partial charge in [0, 0.05) is 36.7 Å². The number of likely N-dealkylation sites (N-methyl/N-ethyl adjacent to an activating group) is 1. The van der Waals surface area contributed by atoms with Crippen molar-refractivity contribution in [1.82, 2.24) is 25.5 Å². The first-order valence-electron chi connectivity index (χ1n) is 10.6. The van der Waals surface area contributed by atoms with E-state index in [1.807, 2.05) is 30.3 Å². The molecule has 0 saturated carbocycles. The van der Waals surface area contributed by atoms with Gasteiger partial charge in [0.2, 0.25) is 11.8 Å². The molecule has 1 saturated heterocycles. The summed E-state index contributed by atoms with van der Waals surface area (Å²) < 4.78 is 14.7. The van der Waals surface area contributed by atoms with Gasteiger partial charge in [-0.05, 0) is 16.8 Å². The second-order valence-corrected chi connectivity index (χ2v) is 8.99. The Bertz CT molecular complexity index is 1280. The smallest absolute Gasteiger partial charge is 0.293 e. The Balaban J connectivity index is 1.30. The summed E-state index contributed by atoms with van der Waals surface area (Å²) >= 11 is 1.30. The van der Waals surface area contributed by atoms with Crippen LogP contribution in [0.15, 0.2) is 47.4 Å². The molecule has 34 heavy (non-hydrogen) atoms. The molecule has 2 aliphatic heterocycles. The van der Waals surface area contributed by atoms with Crippen molar-refractivity contribution in [2.75, 3.05) is 29.1 Å². The van der Waals surface area contributed by atoms with Crippen LogP contribution in [0.4, 0.5) is 15.8 Å². The fourth-order valence-electron chi connectivity index (χ4n) is 3.76. The van der Waals surface area contributed by atoms with E-state index in [1.54, 1.807) is 6.07 Å². The Labute approximate surface area is 198 Å². The first kappa shape index (κ1) is 22.0. The van der Waals surface area contributed by atoms with Crippen LogP contribution in [-0.2, 0) is 16.1 Å². The van der Waals surface area contributed by atoms with Gasteiger partial charge in [-0.2, -0.15) is 4.80 Å². The molecule has 3 aromatic rings. The summed E-state index contributed by atoms with van der Waals surface area (Å²) in [5.74, 6) is -1.67. The topological polar surface area (TPSA) is 113 Å². The number of carbonyl (C=O) groups is 3. The molecule has 12 heteroatoms. The maximum absolute atomic E-state index is 14.7. The number of aromatic nitrogens is 4. The Kier molecular flexibility index (Phi) is 5.74. The van der Waals surface area contributed by atoms with Gasteiger partial charge in [0.05, 0.1) is 17.9 Å². The number of nitrogens with one attached hydrogen (secondary N) is 1. The average Bonchev–Trinajstić information content (AvgIpc) is 3.26. The molecule has 0 unspecified atom stereocenters. The molecule has 1 fully saturated rings. The van der Waals surface area contributed by atoms with Gasteiger partial charge in [-0.1, -0.05) is 30.3 Å². The van der Waals surface area contributed by atoms with Crippen LogP contribution in [0.1, 0.15) is 22.6 Å². The summed E-state index contributed by atoms with van der Waals surface area (Å²) in [5.41, 5.74) is 1.53. The van der Waals surface area contributed by atoms with Crippen LogP contribution in [-0.4, -0.2) is 63.3 Å². The van der Waals surface area contributed by atoms with Crippen LogP contribution >= 0.6 is 11.8 Å². The molecule has 3 heterocycles. The van der Waals surface area contributed by atoms with Gasteiger partial charge in [-0.25, -0.2) is 4.39 Å². The zero-order valence-corrected chi connectivity index (χ0v) is 19.0. The van der Waals surface area contributed by atoms with Gasteiger partial charge >= 0.3 is 0 Å². The number of hydrogen-bond donors (Lipinski definition) is 1. The van der Waals surface area contributed by atoms with Crippen LogP contribution in [0.25, 0.3) is 0 Å². The second-order valence-electron chi connectivity index (χ2n) is 7.93. The first-order chi connectivity index (χ1) is 16.4. The van der Waals surface area contributed by atoms with E-state index in [4.69, 9.17) is 0 Å². The largest absolute Gasteiger partial charge is 0.337 e. The lowest BCUT2D eigenvalue weighted by atomic mass is 10.1. The summed E-state index contributed by atoms with van der Waals surface area (Å²) in [6.45, 7) is 0.815. The predicted molar refractivity (Wildman–Crippen MR) is 122 cm³/mol. The summed E-state index contributed by atoms with van der Waals surface area (Å²) in [6, 6.07) is 11.4. The van der Waals surface area contributed by atoms with Crippen molar-refractivity contribution < 1.29 is 18.8 Å². The molecule has 174 valence electrons. The molecule has 2 aromatic carbocycles. The number of rotatable bonds is 5. The third kappa shape index (κ3) is 4.12. The molecule has 1 N–H and O–H groups in total. The maximum atomic E-state index is 14.7. The zero-order chi connectivity index (χ0) is 23.8. The van der Waals surface area contributed by atoms with E-state index in [9.17, 15) is 18.8 Å². The third-order valence-corrected chi connectivity index (χ3v) is 6.83. The monoisotopic (exact) mass is 481 g/mol. The van der Waals surface area contributed by atoms with Gasteiger partial charge in [0.15, 0.2) is 0 Å². The molecular weight excluding hydrogens is 461 g/mol. The number of amides is 3. The molecule has 5 rings (SSSR count). The summed E-state index contributed by atoms with van der Waals surface area (Å²) in [4.78, 5) is 42.2. The minimum absolute atomic E-state index is 0.139. The Morgan fingerprint density at radius 3 is 2.71 bits per heavy atom. The number of tetrazole rings is 1. The van der Waals surface area contributed by atoms with Crippen molar-refractivity contribution in [3.05, 3.63) is 59.7 Å². The van der Waals surface area contributed by atoms with Crippen molar-refractivity contribution in [1.29, 1.82) is 0 Å². The number of carbonyl (C=O) groups excluding carboxylic acids is 3. The lowest BCUT2D eigenvalue weighted by Crippen LogP contribution is -2.48. The van der Waals surface area contributed by atoms with E-state index >= 15 is 0 Å². The Hall–Kier alpha value is -3.80. The van der Waals surface area contributed by atoms with E-state index < -0.39 is 23.7 Å². The Morgan fingerprint density at radius 1 is 1.21 bits per heavy atom. The fourth-order valence-corrected chi connectivity index (χ4v) is 4.87. The normalized spacial score (nSPS) is 17.8. The molecule has 1 atom stereocenters. The fraction of sp³-hybridized carbons (Fsp3) is 0.273. The molecule has 0 radical (unpaired) electrons. The van der Waals surface area contributed by atoms with E-state index in [0.29, 0.717) is 30.1 Å². The zero-order valence-electron chi connectivity index (χ0n) is 18.1. The summed E-state index contributed by atoms with van der Waals surface area (Å²) in [5, 5.41) is 14.5.